The molecule has 2 amide bonds. The summed E-state index contributed by atoms with van der Waals surface area (Å²) in [5, 5.41) is 5.35. The maximum Gasteiger partial charge on any atom is 0.313 e. The largest absolute Gasteiger partial charge is 0.369 e. The molecule has 168 valence electrons. The Hall–Kier alpha value is -3.39. The minimum absolute atomic E-state index is 0.155. The number of nitrogens with one attached hydrogen (secondary N) is 3. The summed E-state index contributed by atoms with van der Waals surface area (Å²) in [6.45, 7) is 11.4. The number of likely N-dealkylation sites (N-methyl/N-ethyl adjacent to an activating group) is 1. The molecule has 3 aromatic rings. The highest BCUT2D eigenvalue weighted by Crippen LogP contribution is 2.24. The summed E-state index contributed by atoms with van der Waals surface area (Å²) in [4.78, 5) is 37.2. The number of carbonyl (C=O) groups excluding carboxylic acids is 2. The van der Waals surface area contributed by atoms with Gasteiger partial charge in [0.2, 0.25) is 0 Å². The zero-order chi connectivity index (χ0) is 22.7. The molecule has 8 heteroatoms. The highest BCUT2D eigenvalue weighted by molar-refractivity contribution is 6.39. The monoisotopic (exact) mass is 434 g/mol. The fraction of sp³-hybridized carbons (Fsp3) is 0.375. The van der Waals surface area contributed by atoms with E-state index in [9.17, 15) is 9.59 Å². The second kappa shape index (κ2) is 9.40. The minimum atomic E-state index is -0.693. The van der Waals surface area contributed by atoms with E-state index in [0.29, 0.717) is 11.5 Å². The number of imidazole rings is 1. The van der Waals surface area contributed by atoms with Crippen LogP contribution in [-0.2, 0) is 16.1 Å². The van der Waals surface area contributed by atoms with E-state index in [1.54, 1.807) is 0 Å². The third kappa shape index (κ3) is 4.75. The topological polar surface area (TPSA) is 93.4 Å². The standard InChI is InChI=1S/C24H30N6O2/c1-4-29-10-12-30(13-11-29)18-8-9-19(17(3)14-18)27-24(32)23(31)25-15-21-26-20-7-5-6-16(2)22(20)28-21/h5-9,14H,4,10-13,15H2,1-3H3,(H,25,31)(H,26,28)(H,27,32). The average molecular weight is 435 g/mol. The van der Waals surface area contributed by atoms with Gasteiger partial charge in [0.1, 0.15) is 5.82 Å². The number of hydrogen-bond donors (Lipinski definition) is 3. The molecule has 0 aliphatic carbocycles. The van der Waals surface area contributed by atoms with Crippen LogP contribution in [0.15, 0.2) is 36.4 Å². The molecule has 2 heterocycles. The van der Waals surface area contributed by atoms with Gasteiger partial charge in [0.15, 0.2) is 0 Å². The summed E-state index contributed by atoms with van der Waals surface area (Å²) >= 11 is 0. The number of aromatic amines is 1. The summed E-state index contributed by atoms with van der Waals surface area (Å²) in [6, 6.07) is 11.8. The number of nitrogens with zero attached hydrogens (tertiary/aromatic N) is 3. The van der Waals surface area contributed by atoms with Crippen molar-refractivity contribution in [3.05, 3.63) is 53.3 Å². The summed E-state index contributed by atoms with van der Waals surface area (Å²) < 4.78 is 0. The Morgan fingerprint density at radius 2 is 1.81 bits per heavy atom. The van der Waals surface area contributed by atoms with E-state index in [2.05, 4.69) is 43.4 Å². The molecule has 0 spiro atoms. The molecular formula is C24H30N6O2. The summed E-state index contributed by atoms with van der Waals surface area (Å²) in [6.07, 6.45) is 0. The highest BCUT2D eigenvalue weighted by atomic mass is 16.2. The fourth-order valence-corrected chi connectivity index (χ4v) is 4.04. The maximum atomic E-state index is 12.4. The maximum absolute atomic E-state index is 12.4. The van der Waals surface area contributed by atoms with Crippen molar-refractivity contribution in [2.24, 2.45) is 0 Å². The van der Waals surface area contributed by atoms with E-state index in [0.717, 1.165) is 60.6 Å². The zero-order valence-electron chi connectivity index (χ0n) is 18.9. The summed E-state index contributed by atoms with van der Waals surface area (Å²) in [5.41, 5.74) is 5.54. The lowest BCUT2D eigenvalue weighted by molar-refractivity contribution is -0.136. The SMILES string of the molecule is CCN1CCN(c2ccc(NC(=O)C(=O)NCc3nc4c(C)cccc4[nH]3)c(C)c2)CC1. The number of aromatic nitrogens is 2. The van der Waals surface area contributed by atoms with Crippen LogP contribution in [0, 0.1) is 13.8 Å². The van der Waals surface area contributed by atoms with Gasteiger partial charge in [0.05, 0.1) is 17.6 Å². The Morgan fingerprint density at radius 1 is 1.03 bits per heavy atom. The third-order valence-electron chi connectivity index (χ3n) is 6.03. The number of aryl methyl sites for hydroxylation is 2. The van der Waals surface area contributed by atoms with E-state index in [4.69, 9.17) is 0 Å². The molecule has 1 aromatic heterocycles. The molecule has 0 bridgehead atoms. The van der Waals surface area contributed by atoms with Gasteiger partial charge in [-0.2, -0.15) is 0 Å². The number of para-hydroxylation sites is 1. The van der Waals surface area contributed by atoms with Gasteiger partial charge in [-0.15, -0.1) is 0 Å². The highest BCUT2D eigenvalue weighted by Gasteiger charge is 2.18. The number of carbonyl (C=O) groups is 2. The van der Waals surface area contributed by atoms with Crippen LogP contribution < -0.4 is 15.5 Å². The molecule has 4 rings (SSSR count). The van der Waals surface area contributed by atoms with Crippen LogP contribution >= 0.6 is 0 Å². The van der Waals surface area contributed by atoms with Crippen molar-refractivity contribution < 1.29 is 9.59 Å². The molecule has 0 radical (unpaired) electrons. The first-order valence-corrected chi connectivity index (χ1v) is 11.1. The molecule has 0 saturated carbocycles. The third-order valence-corrected chi connectivity index (χ3v) is 6.03. The van der Waals surface area contributed by atoms with Gasteiger partial charge in [-0.3, -0.25) is 9.59 Å². The molecule has 3 N–H and O–H groups in total. The Labute approximate surface area is 188 Å². The van der Waals surface area contributed by atoms with Gasteiger partial charge < -0.3 is 25.4 Å². The number of rotatable bonds is 5. The number of amides is 2. The first-order chi connectivity index (χ1) is 15.4. The van der Waals surface area contributed by atoms with Gasteiger partial charge in [0.25, 0.3) is 0 Å². The number of fused-ring (bicyclic) bond motifs is 1. The van der Waals surface area contributed by atoms with Crippen molar-refractivity contribution in [2.45, 2.75) is 27.3 Å². The van der Waals surface area contributed by atoms with Gasteiger partial charge in [-0.05, 0) is 55.8 Å². The van der Waals surface area contributed by atoms with Crippen LogP contribution in [0.4, 0.5) is 11.4 Å². The molecular weight excluding hydrogens is 404 g/mol. The molecule has 0 unspecified atom stereocenters. The Bertz CT molecular complexity index is 1130. The normalized spacial score (nSPS) is 14.5. The molecule has 2 aromatic carbocycles. The number of anilines is 2. The van der Waals surface area contributed by atoms with Crippen LogP contribution in [0.5, 0.6) is 0 Å². The van der Waals surface area contributed by atoms with Crippen molar-refractivity contribution >= 4 is 34.2 Å². The van der Waals surface area contributed by atoms with Crippen molar-refractivity contribution in [1.82, 2.24) is 20.2 Å². The van der Waals surface area contributed by atoms with Crippen LogP contribution in [0.2, 0.25) is 0 Å². The number of hydrogen-bond acceptors (Lipinski definition) is 5. The number of piperazine rings is 1. The van der Waals surface area contributed by atoms with E-state index in [1.807, 2.05) is 44.2 Å². The number of H-pyrrole nitrogens is 1. The summed E-state index contributed by atoms with van der Waals surface area (Å²) in [5.74, 6) is -0.773. The second-order valence-electron chi connectivity index (χ2n) is 8.21. The van der Waals surface area contributed by atoms with Crippen molar-refractivity contribution in [3.63, 3.8) is 0 Å². The van der Waals surface area contributed by atoms with Crippen molar-refractivity contribution in [1.29, 1.82) is 0 Å². The van der Waals surface area contributed by atoms with E-state index in [1.165, 1.54) is 0 Å². The zero-order valence-corrected chi connectivity index (χ0v) is 18.9. The molecule has 1 aliphatic rings. The fourth-order valence-electron chi connectivity index (χ4n) is 4.04. The quantitative estimate of drug-likeness (QED) is 0.537. The molecule has 0 atom stereocenters. The molecule has 8 nitrogen and oxygen atoms in total. The Balaban J connectivity index is 1.33. The van der Waals surface area contributed by atoms with Crippen molar-refractivity contribution in [2.75, 3.05) is 42.9 Å². The predicted octanol–water partition coefficient (Wildman–Crippen LogP) is 2.58. The molecule has 1 aliphatic heterocycles. The van der Waals surface area contributed by atoms with Crippen LogP contribution in [0.3, 0.4) is 0 Å². The van der Waals surface area contributed by atoms with E-state index < -0.39 is 11.8 Å². The average Bonchev–Trinajstić information content (AvgIpc) is 3.23. The van der Waals surface area contributed by atoms with Crippen LogP contribution in [0.1, 0.15) is 23.9 Å². The first kappa shape index (κ1) is 21.8. The minimum Gasteiger partial charge on any atom is -0.369 e. The Morgan fingerprint density at radius 3 is 2.50 bits per heavy atom. The van der Waals surface area contributed by atoms with Gasteiger partial charge in [0, 0.05) is 37.6 Å². The van der Waals surface area contributed by atoms with Gasteiger partial charge in [-0.1, -0.05) is 19.1 Å². The lowest BCUT2D eigenvalue weighted by Crippen LogP contribution is -2.46. The lowest BCUT2D eigenvalue weighted by Gasteiger charge is -2.35. The second-order valence-corrected chi connectivity index (χ2v) is 8.21. The van der Waals surface area contributed by atoms with Crippen LogP contribution in [0.25, 0.3) is 11.0 Å². The molecule has 1 fully saturated rings. The summed E-state index contributed by atoms with van der Waals surface area (Å²) in [7, 11) is 0. The molecule has 1 saturated heterocycles. The Kier molecular flexibility index (Phi) is 6.41. The smallest absolute Gasteiger partial charge is 0.313 e. The van der Waals surface area contributed by atoms with Crippen molar-refractivity contribution in [3.8, 4) is 0 Å². The lowest BCUT2D eigenvalue weighted by atomic mass is 10.1. The van der Waals surface area contributed by atoms with Gasteiger partial charge in [-0.25, -0.2) is 4.98 Å². The number of benzene rings is 2. The van der Waals surface area contributed by atoms with E-state index >= 15 is 0 Å². The predicted molar refractivity (Wildman–Crippen MR) is 127 cm³/mol. The first-order valence-electron chi connectivity index (χ1n) is 11.1. The van der Waals surface area contributed by atoms with Crippen LogP contribution in [-0.4, -0.2) is 59.4 Å². The molecule has 32 heavy (non-hydrogen) atoms. The van der Waals surface area contributed by atoms with Gasteiger partial charge >= 0.3 is 11.8 Å². The van der Waals surface area contributed by atoms with E-state index in [-0.39, 0.29) is 6.54 Å².